The van der Waals surface area contributed by atoms with Crippen molar-refractivity contribution in [2.24, 2.45) is 5.41 Å². The van der Waals surface area contributed by atoms with Gasteiger partial charge < -0.3 is 30.3 Å². The minimum absolute atomic E-state index is 0.00900. The Labute approximate surface area is 190 Å². The summed E-state index contributed by atoms with van der Waals surface area (Å²) < 4.78 is 10.9. The van der Waals surface area contributed by atoms with Gasteiger partial charge in [0, 0.05) is 5.92 Å². The number of aliphatic carboxylic acids is 1. The molecule has 3 atom stereocenters. The lowest BCUT2D eigenvalue weighted by Gasteiger charge is -2.29. The van der Waals surface area contributed by atoms with Gasteiger partial charge in [-0.3, -0.25) is 4.79 Å². The fraction of sp³-hybridized carbons (Fsp3) is 0.375. The molecule has 1 fully saturated rings. The summed E-state index contributed by atoms with van der Waals surface area (Å²) in [5, 5.41) is 23.2. The Morgan fingerprint density at radius 2 is 1.73 bits per heavy atom. The van der Waals surface area contributed by atoms with Crippen molar-refractivity contribution in [1.82, 2.24) is 10.6 Å². The summed E-state index contributed by atoms with van der Waals surface area (Å²) in [7, 11) is 0. The number of carbonyl (C=O) groups excluding carboxylic acids is 2. The number of nitrogens with one attached hydrogen (secondary N) is 2. The van der Waals surface area contributed by atoms with Gasteiger partial charge in [0.1, 0.15) is 12.6 Å². The predicted molar refractivity (Wildman–Crippen MR) is 118 cm³/mol. The summed E-state index contributed by atoms with van der Waals surface area (Å²) in [4.78, 5) is 36.5. The van der Waals surface area contributed by atoms with Crippen LogP contribution in [0.5, 0.6) is 0 Å². The van der Waals surface area contributed by atoms with Gasteiger partial charge >= 0.3 is 12.1 Å². The Morgan fingerprint density at radius 3 is 2.30 bits per heavy atom. The molecule has 4 N–H and O–H groups in total. The Bertz CT molecular complexity index is 1030. The zero-order chi connectivity index (χ0) is 23.6. The highest BCUT2D eigenvalue weighted by Crippen LogP contribution is 2.44. The van der Waals surface area contributed by atoms with Crippen LogP contribution in [-0.2, 0) is 19.1 Å². The Kier molecular flexibility index (Phi) is 6.35. The molecule has 0 radical (unpaired) electrons. The highest BCUT2D eigenvalue weighted by atomic mass is 16.5. The molecule has 2 aliphatic rings. The third-order valence-electron chi connectivity index (χ3n) is 6.40. The lowest BCUT2D eigenvalue weighted by Crippen LogP contribution is -2.57. The minimum atomic E-state index is -1.44. The zero-order valence-electron chi connectivity index (χ0n) is 18.1. The second-order valence-corrected chi connectivity index (χ2v) is 8.50. The second-order valence-electron chi connectivity index (χ2n) is 8.50. The van der Waals surface area contributed by atoms with Crippen LogP contribution >= 0.6 is 0 Å². The lowest BCUT2D eigenvalue weighted by molar-refractivity contribution is -0.145. The van der Waals surface area contributed by atoms with Crippen molar-refractivity contribution in [3.8, 4) is 11.1 Å². The first kappa shape index (κ1) is 22.8. The highest BCUT2D eigenvalue weighted by Gasteiger charge is 2.48. The minimum Gasteiger partial charge on any atom is -0.480 e. The number of aliphatic hydroxyl groups is 1. The van der Waals surface area contributed by atoms with Crippen molar-refractivity contribution >= 4 is 18.0 Å². The summed E-state index contributed by atoms with van der Waals surface area (Å²) in [6.45, 7) is 1.01. The topological polar surface area (TPSA) is 134 Å². The van der Waals surface area contributed by atoms with E-state index < -0.39 is 42.1 Å². The molecule has 9 nitrogen and oxygen atoms in total. The van der Waals surface area contributed by atoms with Gasteiger partial charge in [-0.05, 0) is 29.2 Å². The van der Waals surface area contributed by atoms with Gasteiger partial charge in [0.15, 0.2) is 0 Å². The van der Waals surface area contributed by atoms with Crippen LogP contribution in [0.15, 0.2) is 48.5 Å². The van der Waals surface area contributed by atoms with Gasteiger partial charge in [-0.15, -0.1) is 0 Å². The first-order valence-corrected chi connectivity index (χ1v) is 10.7. The molecular weight excluding hydrogens is 428 g/mol. The van der Waals surface area contributed by atoms with Gasteiger partial charge in [0.25, 0.3) is 0 Å². The van der Waals surface area contributed by atoms with Crippen molar-refractivity contribution in [2.75, 3.05) is 26.4 Å². The lowest BCUT2D eigenvalue weighted by atomic mass is 9.84. The number of carboxylic acids is 1. The molecule has 2 aromatic rings. The zero-order valence-corrected chi connectivity index (χ0v) is 18.1. The van der Waals surface area contributed by atoms with E-state index in [0.29, 0.717) is 0 Å². The van der Waals surface area contributed by atoms with Crippen molar-refractivity contribution in [2.45, 2.75) is 24.9 Å². The third kappa shape index (κ3) is 4.29. The Hall–Kier alpha value is -3.43. The summed E-state index contributed by atoms with van der Waals surface area (Å²) in [5.41, 5.74) is 3.20. The SMILES string of the molecule is CC1(C(=O)NC(CO)C(=O)O)COCC1NC(=O)OCC1c2ccccc2-c2ccccc21. The van der Waals surface area contributed by atoms with Crippen molar-refractivity contribution < 1.29 is 34.1 Å². The molecule has 1 heterocycles. The monoisotopic (exact) mass is 454 g/mol. The van der Waals surface area contributed by atoms with Crippen LogP contribution in [0.4, 0.5) is 4.79 Å². The van der Waals surface area contributed by atoms with E-state index in [4.69, 9.17) is 14.6 Å². The fourth-order valence-corrected chi connectivity index (χ4v) is 4.39. The number of carboxylic acid groups (broad SMARTS) is 1. The number of amides is 2. The summed E-state index contributed by atoms with van der Waals surface area (Å²) in [6.07, 6.45) is -0.691. The van der Waals surface area contributed by atoms with Crippen LogP contribution in [0, 0.1) is 5.41 Å². The first-order chi connectivity index (χ1) is 15.8. The molecule has 4 rings (SSSR count). The van der Waals surface area contributed by atoms with Gasteiger partial charge in [0.05, 0.1) is 31.3 Å². The normalized spacial score (nSPS) is 22.2. The number of fused-ring (bicyclic) bond motifs is 3. The maximum atomic E-state index is 12.7. The number of alkyl carbamates (subject to hydrolysis) is 1. The number of hydrogen-bond donors (Lipinski definition) is 4. The molecule has 1 aliphatic heterocycles. The van der Waals surface area contributed by atoms with E-state index in [0.717, 1.165) is 22.3 Å². The molecule has 174 valence electrons. The largest absolute Gasteiger partial charge is 0.480 e. The molecule has 0 saturated carbocycles. The average molecular weight is 454 g/mol. The third-order valence-corrected chi connectivity index (χ3v) is 6.40. The van der Waals surface area contributed by atoms with E-state index >= 15 is 0 Å². The Balaban J connectivity index is 1.41. The van der Waals surface area contributed by atoms with E-state index in [9.17, 15) is 19.5 Å². The van der Waals surface area contributed by atoms with E-state index in [-0.39, 0.29) is 25.7 Å². The van der Waals surface area contributed by atoms with Gasteiger partial charge in [-0.1, -0.05) is 48.5 Å². The highest BCUT2D eigenvalue weighted by molar-refractivity contribution is 5.88. The van der Waals surface area contributed by atoms with Crippen LogP contribution < -0.4 is 10.6 Å². The Morgan fingerprint density at radius 1 is 1.12 bits per heavy atom. The average Bonchev–Trinajstić information content (AvgIpc) is 3.34. The number of ether oxygens (including phenoxy) is 2. The van der Waals surface area contributed by atoms with Crippen LogP contribution in [0.3, 0.4) is 0 Å². The maximum Gasteiger partial charge on any atom is 0.407 e. The number of aliphatic hydroxyl groups excluding tert-OH is 1. The number of benzene rings is 2. The van der Waals surface area contributed by atoms with Crippen molar-refractivity contribution in [3.63, 3.8) is 0 Å². The van der Waals surface area contributed by atoms with E-state index in [1.165, 1.54) is 0 Å². The molecule has 0 spiro atoms. The molecule has 9 heteroatoms. The fourth-order valence-electron chi connectivity index (χ4n) is 4.39. The molecule has 1 saturated heterocycles. The molecule has 1 aliphatic carbocycles. The number of carbonyl (C=O) groups is 3. The predicted octanol–water partition coefficient (Wildman–Crippen LogP) is 1.49. The maximum absolute atomic E-state index is 12.7. The molecule has 3 unspecified atom stereocenters. The van der Waals surface area contributed by atoms with Crippen LogP contribution in [0.1, 0.15) is 24.0 Å². The number of rotatable bonds is 7. The second kappa shape index (κ2) is 9.21. The van der Waals surface area contributed by atoms with Crippen LogP contribution in [0.2, 0.25) is 0 Å². The van der Waals surface area contributed by atoms with E-state index in [1.807, 2.05) is 48.5 Å². The quantitative estimate of drug-likeness (QED) is 0.498. The number of hydrogen-bond acceptors (Lipinski definition) is 6. The van der Waals surface area contributed by atoms with Crippen molar-refractivity contribution in [1.29, 1.82) is 0 Å². The molecular formula is C24H26N2O7. The van der Waals surface area contributed by atoms with Gasteiger partial charge in [0.2, 0.25) is 5.91 Å². The van der Waals surface area contributed by atoms with E-state index in [1.54, 1.807) is 6.92 Å². The molecule has 33 heavy (non-hydrogen) atoms. The molecule has 2 amide bonds. The van der Waals surface area contributed by atoms with Gasteiger partial charge in [-0.2, -0.15) is 0 Å². The first-order valence-electron chi connectivity index (χ1n) is 10.7. The van der Waals surface area contributed by atoms with Gasteiger partial charge in [-0.25, -0.2) is 9.59 Å². The van der Waals surface area contributed by atoms with Crippen molar-refractivity contribution in [3.05, 3.63) is 59.7 Å². The van der Waals surface area contributed by atoms with E-state index in [2.05, 4.69) is 10.6 Å². The summed E-state index contributed by atoms with van der Waals surface area (Å²) >= 11 is 0. The standard InChI is InChI=1S/C24H26N2O7/c1-24(22(30)25-19(10-27)21(28)29)13-32-12-20(24)26-23(31)33-11-18-16-8-4-2-6-14(16)15-7-3-5-9-17(15)18/h2-9,18-20,27H,10-13H2,1H3,(H,25,30)(H,26,31)(H,28,29). The molecule has 0 bridgehead atoms. The van der Waals surface area contributed by atoms with Crippen LogP contribution in [0.25, 0.3) is 11.1 Å². The summed E-state index contributed by atoms with van der Waals surface area (Å²) in [6, 6.07) is 13.8. The smallest absolute Gasteiger partial charge is 0.407 e. The molecule has 2 aromatic carbocycles. The summed E-state index contributed by atoms with van der Waals surface area (Å²) in [5.74, 6) is -2.08. The molecule has 0 aromatic heterocycles. The van der Waals surface area contributed by atoms with Crippen LogP contribution in [-0.4, -0.2) is 66.7 Å².